The van der Waals surface area contributed by atoms with Crippen LogP contribution in [0.25, 0.3) is 0 Å². The van der Waals surface area contributed by atoms with E-state index in [1.54, 1.807) is 35.8 Å². The summed E-state index contributed by atoms with van der Waals surface area (Å²) in [6.45, 7) is 0.117. The summed E-state index contributed by atoms with van der Waals surface area (Å²) in [7, 11) is 0. The first-order valence-electron chi connectivity index (χ1n) is 7.63. The predicted octanol–water partition coefficient (Wildman–Crippen LogP) is 1.11. The molecule has 26 heavy (non-hydrogen) atoms. The number of ether oxygens (including phenoxy) is 1. The largest absolute Gasteiger partial charge is 0.772 e. The van der Waals surface area contributed by atoms with Gasteiger partial charge in [-0.25, -0.2) is 5.48 Å². The van der Waals surface area contributed by atoms with Crippen LogP contribution in [0, 0.1) is 0 Å². The van der Waals surface area contributed by atoms with Crippen LogP contribution in [0.1, 0.15) is 21.5 Å². The molecule has 1 atom stereocenters. The molecule has 2 N–H and O–H groups in total. The van der Waals surface area contributed by atoms with Gasteiger partial charge in [-0.15, -0.1) is 0 Å². The molecule has 0 bridgehead atoms. The lowest BCUT2D eigenvalue weighted by Crippen LogP contribution is -2.38. The van der Waals surface area contributed by atoms with Crippen LogP contribution in [0.4, 0.5) is 5.69 Å². The lowest BCUT2D eigenvalue weighted by atomic mass is 10.1. The van der Waals surface area contributed by atoms with Gasteiger partial charge < -0.3 is 14.2 Å². The SMILES string of the molecule is O=C(NO)c1ccc2c(c1)N(Cc1ccc(CS(=O)[O-])cc1)C(=O)CO2. The van der Waals surface area contributed by atoms with Gasteiger partial charge in [0.15, 0.2) is 6.61 Å². The number of anilines is 1. The molecule has 1 unspecified atom stereocenters. The third-order valence-electron chi connectivity index (χ3n) is 3.91. The van der Waals surface area contributed by atoms with E-state index < -0.39 is 17.0 Å². The van der Waals surface area contributed by atoms with Crippen LogP contribution in [-0.4, -0.2) is 32.4 Å². The number of carbonyl (C=O) groups is 2. The molecule has 1 heterocycles. The Morgan fingerprint density at radius 3 is 2.58 bits per heavy atom. The first-order valence-corrected chi connectivity index (χ1v) is 8.87. The summed E-state index contributed by atoms with van der Waals surface area (Å²) >= 11 is -2.16. The Hall–Kier alpha value is -2.75. The zero-order chi connectivity index (χ0) is 18.7. The monoisotopic (exact) mass is 375 g/mol. The molecule has 8 nitrogen and oxygen atoms in total. The lowest BCUT2D eigenvalue weighted by molar-refractivity contribution is -0.121. The standard InChI is InChI=1S/C17H16N2O6S/c20-16-9-25-15-6-5-13(17(21)18-22)7-14(15)19(16)8-11-1-3-12(4-2-11)10-26(23)24/h1-7,22H,8-10H2,(H,18,21)(H,23,24)/p-1. The van der Waals surface area contributed by atoms with E-state index in [1.165, 1.54) is 17.0 Å². The van der Waals surface area contributed by atoms with E-state index in [0.29, 0.717) is 17.0 Å². The van der Waals surface area contributed by atoms with Crippen molar-refractivity contribution in [1.29, 1.82) is 0 Å². The van der Waals surface area contributed by atoms with Crippen LogP contribution >= 0.6 is 0 Å². The van der Waals surface area contributed by atoms with Crippen molar-refractivity contribution < 1.29 is 28.3 Å². The van der Waals surface area contributed by atoms with E-state index in [4.69, 9.17) is 9.94 Å². The van der Waals surface area contributed by atoms with Crippen LogP contribution in [-0.2, 0) is 28.2 Å². The average molecular weight is 375 g/mol. The summed E-state index contributed by atoms with van der Waals surface area (Å²) in [5.74, 6) is -0.582. The van der Waals surface area contributed by atoms with Crippen LogP contribution in [0.15, 0.2) is 42.5 Å². The summed E-state index contributed by atoms with van der Waals surface area (Å²) in [4.78, 5) is 25.4. The Morgan fingerprint density at radius 2 is 1.92 bits per heavy atom. The molecule has 2 aromatic rings. The summed E-state index contributed by atoms with van der Waals surface area (Å²) < 4.78 is 26.9. The number of rotatable bonds is 5. The minimum absolute atomic E-state index is 0.0702. The van der Waals surface area contributed by atoms with Gasteiger partial charge in [-0.2, -0.15) is 0 Å². The molecule has 1 aliphatic heterocycles. The highest BCUT2D eigenvalue weighted by atomic mass is 32.2. The summed E-state index contributed by atoms with van der Waals surface area (Å²) in [6, 6.07) is 11.4. The molecule has 136 valence electrons. The van der Waals surface area contributed by atoms with E-state index in [1.807, 2.05) is 0 Å². The van der Waals surface area contributed by atoms with Crippen molar-refractivity contribution in [3.8, 4) is 5.75 Å². The highest BCUT2D eigenvalue weighted by Gasteiger charge is 2.26. The summed E-state index contributed by atoms with van der Waals surface area (Å²) in [5, 5.41) is 8.78. The van der Waals surface area contributed by atoms with Crippen molar-refractivity contribution >= 4 is 28.6 Å². The van der Waals surface area contributed by atoms with Crippen molar-refractivity contribution in [3.05, 3.63) is 59.2 Å². The van der Waals surface area contributed by atoms with Crippen LogP contribution in [0.3, 0.4) is 0 Å². The molecule has 9 heteroatoms. The first kappa shape index (κ1) is 18.1. The molecule has 0 aliphatic carbocycles. The van der Waals surface area contributed by atoms with E-state index in [0.717, 1.165) is 5.56 Å². The summed E-state index contributed by atoms with van der Waals surface area (Å²) in [5.41, 5.74) is 3.60. The fraction of sp³-hybridized carbons (Fsp3) is 0.176. The predicted molar refractivity (Wildman–Crippen MR) is 91.4 cm³/mol. The summed E-state index contributed by atoms with van der Waals surface area (Å²) in [6.07, 6.45) is 0. The molecular weight excluding hydrogens is 360 g/mol. The molecule has 0 radical (unpaired) electrons. The molecular formula is C17H15N2O6S-. The lowest BCUT2D eigenvalue weighted by Gasteiger charge is -2.29. The Morgan fingerprint density at radius 1 is 1.23 bits per heavy atom. The number of hydrogen-bond donors (Lipinski definition) is 2. The van der Waals surface area contributed by atoms with Gasteiger partial charge in [0.2, 0.25) is 0 Å². The van der Waals surface area contributed by atoms with Crippen molar-refractivity contribution in [1.82, 2.24) is 5.48 Å². The quantitative estimate of drug-likeness (QED) is 0.459. The topological polar surface area (TPSA) is 119 Å². The molecule has 0 saturated carbocycles. The second-order valence-corrected chi connectivity index (χ2v) is 6.55. The molecule has 1 aliphatic rings. The van der Waals surface area contributed by atoms with Gasteiger partial charge in [-0.3, -0.25) is 19.0 Å². The average Bonchev–Trinajstić information content (AvgIpc) is 2.64. The zero-order valence-corrected chi connectivity index (χ0v) is 14.3. The molecule has 0 spiro atoms. The Bertz CT molecular complexity index is 868. The molecule has 2 aromatic carbocycles. The van der Waals surface area contributed by atoms with Gasteiger partial charge in [0.05, 0.1) is 12.2 Å². The number of hydrogen-bond acceptors (Lipinski definition) is 6. The maximum atomic E-state index is 12.3. The van der Waals surface area contributed by atoms with Crippen molar-refractivity contribution in [2.24, 2.45) is 0 Å². The molecule has 0 saturated heterocycles. The normalized spacial score (nSPS) is 14.4. The fourth-order valence-electron chi connectivity index (χ4n) is 2.64. The number of carbonyl (C=O) groups excluding carboxylic acids is 2. The number of hydroxylamine groups is 1. The zero-order valence-electron chi connectivity index (χ0n) is 13.5. The minimum atomic E-state index is -2.16. The van der Waals surface area contributed by atoms with Gasteiger partial charge in [0.25, 0.3) is 11.8 Å². The highest BCUT2D eigenvalue weighted by molar-refractivity contribution is 7.78. The Balaban J connectivity index is 1.87. The van der Waals surface area contributed by atoms with Gasteiger partial charge >= 0.3 is 0 Å². The van der Waals surface area contributed by atoms with Crippen LogP contribution in [0.5, 0.6) is 5.75 Å². The number of benzene rings is 2. The van der Waals surface area contributed by atoms with Gasteiger partial charge in [-0.1, -0.05) is 35.3 Å². The third kappa shape index (κ3) is 3.90. The van der Waals surface area contributed by atoms with Crippen LogP contribution in [0.2, 0.25) is 0 Å². The molecule has 0 aromatic heterocycles. The number of fused-ring (bicyclic) bond motifs is 1. The molecule has 2 amide bonds. The molecule has 3 rings (SSSR count). The number of nitrogens with one attached hydrogen (secondary N) is 1. The second-order valence-electron chi connectivity index (χ2n) is 5.66. The van der Waals surface area contributed by atoms with E-state index in [9.17, 15) is 18.4 Å². The van der Waals surface area contributed by atoms with Crippen molar-refractivity contribution in [2.75, 3.05) is 11.5 Å². The maximum absolute atomic E-state index is 12.3. The van der Waals surface area contributed by atoms with E-state index >= 15 is 0 Å². The van der Waals surface area contributed by atoms with E-state index in [-0.39, 0.29) is 30.4 Å². The van der Waals surface area contributed by atoms with Gasteiger partial charge in [-0.05, 0) is 29.3 Å². The van der Waals surface area contributed by atoms with Gasteiger partial charge in [0.1, 0.15) is 5.75 Å². The Labute approximate surface area is 151 Å². The fourth-order valence-corrected chi connectivity index (χ4v) is 3.11. The van der Waals surface area contributed by atoms with Gasteiger partial charge in [0, 0.05) is 11.3 Å². The number of nitrogens with zero attached hydrogens (tertiary/aromatic N) is 1. The molecule has 0 fully saturated rings. The minimum Gasteiger partial charge on any atom is -0.772 e. The first-order chi connectivity index (χ1) is 12.5. The second kappa shape index (κ2) is 7.65. The van der Waals surface area contributed by atoms with Crippen molar-refractivity contribution in [3.63, 3.8) is 0 Å². The maximum Gasteiger partial charge on any atom is 0.274 e. The third-order valence-corrected chi connectivity index (χ3v) is 4.48. The van der Waals surface area contributed by atoms with E-state index in [2.05, 4.69) is 0 Å². The smallest absolute Gasteiger partial charge is 0.274 e. The highest BCUT2D eigenvalue weighted by Crippen LogP contribution is 2.34. The van der Waals surface area contributed by atoms with Crippen LogP contribution < -0.4 is 15.1 Å². The Kier molecular flexibility index (Phi) is 5.31. The number of amides is 2. The van der Waals surface area contributed by atoms with Crippen molar-refractivity contribution in [2.45, 2.75) is 12.3 Å².